The Hall–Kier alpha value is -1.99. The van der Waals surface area contributed by atoms with Crippen molar-refractivity contribution in [1.29, 1.82) is 0 Å². The fourth-order valence-corrected chi connectivity index (χ4v) is 3.55. The number of hydrogen-bond acceptors (Lipinski definition) is 5. The van der Waals surface area contributed by atoms with Crippen molar-refractivity contribution in [3.8, 4) is 0 Å². The van der Waals surface area contributed by atoms with Gasteiger partial charge in [0, 0.05) is 10.1 Å². The Balaban J connectivity index is 1.85. The van der Waals surface area contributed by atoms with Crippen molar-refractivity contribution in [3.63, 3.8) is 0 Å². The maximum atomic E-state index is 12.4. The standard InChI is InChI=1S/C18H22N2O3S2/c1-13(2)25-17(16(21)19-11-15-9-6-10-24-15)20-18(22)23-12-14-7-4-3-5-8-14/h3-10,13,17H,11-12H2,1-2H3,(H,19,21)(H,20,22). The average molecular weight is 379 g/mol. The number of nitrogens with one attached hydrogen (secondary N) is 2. The van der Waals surface area contributed by atoms with Crippen molar-refractivity contribution in [2.75, 3.05) is 0 Å². The van der Waals surface area contributed by atoms with E-state index in [9.17, 15) is 9.59 Å². The summed E-state index contributed by atoms with van der Waals surface area (Å²) in [6.07, 6.45) is -0.603. The summed E-state index contributed by atoms with van der Waals surface area (Å²) in [5, 5.41) is 6.95. The summed E-state index contributed by atoms with van der Waals surface area (Å²) in [5.74, 6) is -0.233. The lowest BCUT2D eigenvalue weighted by Gasteiger charge is -2.19. The molecule has 0 radical (unpaired) electrons. The first kappa shape index (κ1) is 19.3. The Labute approximate surface area is 156 Å². The van der Waals surface area contributed by atoms with E-state index in [0.717, 1.165) is 10.4 Å². The summed E-state index contributed by atoms with van der Waals surface area (Å²) in [6, 6.07) is 13.3. The number of hydrogen-bond donors (Lipinski definition) is 2. The second-order valence-electron chi connectivity index (χ2n) is 5.57. The number of amides is 2. The van der Waals surface area contributed by atoms with Crippen LogP contribution in [0.1, 0.15) is 24.3 Å². The van der Waals surface area contributed by atoms with E-state index >= 15 is 0 Å². The van der Waals surface area contributed by atoms with Crippen molar-refractivity contribution < 1.29 is 14.3 Å². The molecule has 0 spiro atoms. The van der Waals surface area contributed by atoms with Crippen LogP contribution in [-0.4, -0.2) is 22.6 Å². The van der Waals surface area contributed by atoms with Gasteiger partial charge in [-0.1, -0.05) is 50.2 Å². The third kappa shape index (κ3) is 7.19. The van der Waals surface area contributed by atoms with Gasteiger partial charge in [-0.3, -0.25) is 4.79 Å². The van der Waals surface area contributed by atoms with E-state index in [1.54, 1.807) is 11.3 Å². The molecule has 134 valence electrons. The van der Waals surface area contributed by atoms with Gasteiger partial charge in [0.1, 0.15) is 6.61 Å². The Morgan fingerprint density at radius 2 is 1.92 bits per heavy atom. The zero-order valence-corrected chi connectivity index (χ0v) is 15.9. The maximum absolute atomic E-state index is 12.4. The van der Waals surface area contributed by atoms with Gasteiger partial charge in [-0.2, -0.15) is 0 Å². The molecule has 1 heterocycles. The van der Waals surface area contributed by atoms with Crippen molar-refractivity contribution in [2.24, 2.45) is 0 Å². The van der Waals surface area contributed by atoms with Crippen LogP contribution in [0.15, 0.2) is 47.8 Å². The van der Waals surface area contributed by atoms with E-state index in [1.807, 2.05) is 61.7 Å². The minimum absolute atomic E-state index is 0.169. The van der Waals surface area contributed by atoms with Crippen LogP contribution >= 0.6 is 23.1 Å². The number of alkyl carbamates (subject to hydrolysis) is 1. The van der Waals surface area contributed by atoms with Gasteiger partial charge >= 0.3 is 6.09 Å². The molecule has 0 aliphatic heterocycles. The minimum atomic E-state index is -0.691. The third-order valence-electron chi connectivity index (χ3n) is 3.13. The molecular weight excluding hydrogens is 356 g/mol. The average Bonchev–Trinajstić information content (AvgIpc) is 3.11. The molecule has 2 aromatic rings. The predicted octanol–water partition coefficient (Wildman–Crippen LogP) is 3.76. The predicted molar refractivity (Wildman–Crippen MR) is 102 cm³/mol. The number of thioether (sulfide) groups is 1. The van der Waals surface area contributed by atoms with Gasteiger partial charge < -0.3 is 15.4 Å². The van der Waals surface area contributed by atoms with Gasteiger partial charge in [0.25, 0.3) is 5.91 Å². The van der Waals surface area contributed by atoms with Crippen LogP contribution in [0, 0.1) is 0 Å². The molecule has 1 atom stereocenters. The number of carbonyl (C=O) groups excluding carboxylic acids is 2. The molecule has 2 rings (SSSR count). The topological polar surface area (TPSA) is 67.4 Å². The molecule has 7 heteroatoms. The normalized spacial score (nSPS) is 11.8. The van der Waals surface area contributed by atoms with Crippen molar-refractivity contribution in [1.82, 2.24) is 10.6 Å². The summed E-state index contributed by atoms with van der Waals surface area (Å²) >= 11 is 2.95. The quantitative estimate of drug-likeness (QED) is 0.687. The van der Waals surface area contributed by atoms with Crippen molar-refractivity contribution in [2.45, 2.75) is 37.6 Å². The molecule has 0 saturated carbocycles. The Bertz CT molecular complexity index is 660. The molecule has 1 aromatic carbocycles. The molecule has 0 bridgehead atoms. The monoisotopic (exact) mass is 378 g/mol. The van der Waals surface area contributed by atoms with Gasteiger partial charge in [-0.25, -0.2) is 4.79 Å². The van der Waals surface area contributed by atoms with Crippen molar-refractivity contribution >= 4 is 35.1 Å². The van der Waals surface area contributed by atoms with Gasteiger partial charge in [0.15, 0.2) is 5.37 Å². The van der Waals surface area contributed by atoms with Crippen LogP contribution in [0.4, 0.5) is 4.79 Å². The molecule has 25 heavy (non-hydrogen) atoms. The van der Waals surface area contributed by atoms with Gasteiger partial charge in [-0.15, -0.1) is 23.1 Å². The molecule has 0 aliphatic rings. The number of rotatable bonds is 8. The molecule has 2 N–H and O–H groups in total. The maximum Gasteiger partial charge on any atom is 0.408 e. The van der Waals surface area contributed by atoms with Crippen LogP contribution in [0.5, 0.6) is 0 Å². The van der Waals surface area contributed by atoms with Crippen LogP contribution < -0.4 is 10.6 Å². The third-order valence-corrected chi connectivity index (χ3v) is 5.15. The van der Waals surface area contributed by atoms with E-state index in [4.69, 9.17) is 4.74 Å². The van der Waals surface area contributed by atoms with Gasteiger partial charge in [-0.05, 0) is 17.0 Å². The summed E-state index contributed by atoms with van der Waals surface area (Å²) < 4.78 is 5.20. The van der Waals surface area contributed by atoms with E-state index in [2.05, 4.69) is 10.6 Å². The summed E-state index contributed by atoms with van der Waals surface area (Å²) in [4.78, 5) is 25.5. The van der Waals surface area contributed by atoms with E-state index in [1.165, 1.54) is 11.8 Å². The van der Waals surface area contributed by atoms with E-state index < -0.39 is 11.5 Å². The first-order valence-electron chi connectivity index (χ1n) is 7.97. The van der Waals surface area contributed by atoms with Crippen LogP contribution in [0.2, 0.25) is 0 Å². The van der Waals surface area contributed by atoms with E-state index in [-0.39, 0.29) is 17.8 Å². The van der Waals surface area contributed by atoms with Crippen LogP contribution in [0.25, 0.3) is 0 Å². The lowest BCUT2D eigenvalue weighted by atomic mass is 10.2. The number of thiophene rings is 1. The number of ether oxygens (including phenoxy) is 1. The highest BCUT2D eigenvalue weighted by Crippen LogP contribution is 2.16. The lowest BCUT2D eigenvalue weighted by molar-refractivity contribution is -0.121. The Kier molecular flexibility index (Phi) is 7.81. The number of carbonyl (C=O) groups is 2. The van der Waals surface area contributed by atoms with Gasteiger partial charge in [0.2, 0.25) is 0 Å². The highest BCUT2D eigenvalue weighted by atomic mass is 32.2. The molecule has 5 nitrogen and oxygen atoms in total. The van der Waals surface area contributed by atoms with E-state index in [0.29, 0.717) is 6.54 Å². The highest BCUT2D eigenvalue weighted by molar-refractivity contribution is 8.01. The molecular formula is C18H22N2O3S2. The minimum Gasteiger partial charge on any atom is -0.445 e. The SMILES string of the molecule is CC(C)SC(NC(=O)OCc1ccccc1)C(=O)NCc1cccs1. The summed E-state index contributed by atoms with van der Waals surface area (Å²) in [5.41, 5.74) is 0.896. The molecule has 1 unspecified atom stereocenters. The smallest absolute Gasteiger partial charge is 0.408 e. The Morgan fingerprint density at radius 1 is 1.16 bits per heavy atom. The molecule has 2 amide bonds. The van der Waals surface area contributed by atoms with Gasteiger partial charge in [0.05, 0.1) is 6.54 Å². The molecule has 0 fully saturated rings. The zero-order chi connectivity index (χ0) is 18.1. The fraction of sp³-hybridized carbons (Fsp3) is 0.333. The Morgan fingerprint density at radius 3 is 2.56 bits per heavy atom. The van der Waals surface area contributed by atoms with Crippen molar-refractivity contribution in [3.05, 3.63) is 58.3 Å². The number of benzene rings is 1. The van der Waals surface area contributed by atoms with Crippen LogP contribution in [-0.2, 0) is 22.7 Å². The summed E-state index contributed by atoms with van der Waals surface area (Å²) in [6.45, 7) is 4.57. The zero-order valence-electron chi connectivity index (χ0n) is 14.2. The first-order chi connectivity index (χ1) is 12.0. The molecule has 0 saturated heterocycles. The lowest BCUT2D eigenvalue weighted by Crippen LogP contribution is -2.45. The molecule has 0 aliphatic carbocycles. The van der Waals surface area contributed by atoms with Crippen LogP contribution in [0.3, 0.4) is 0 Å². The fourth-order valence-electron chi connectivity index (χ4n) is 1.99. The first-order valence-corrected chi connectivity index (χ1v) is 9.79. The molecule has 1 aromatic heterocycles. The summed E-state index contributed by atoms with van der Waals surface area (Å²) in [7, 11) is 0. The highest BCUT2D eigenvalue weighted by Gasteiger charge is 2.23. The second kappa shape index (κ2) is 10.1. The largest absolute Gasteiger partial charge is 0.445 e. The second-order valence-corrected chi connectivity index (χ2v) is 8.29.